The highest BCUT2D eigenvalue weighted by molar-refractivity contribution is 6.42. The van der Waals surface area contributed by atoms with Crippen LogP contribution in [0.3, 0.4) is 0 Å². The number of carbonyl (C=O) groups is 1. The normalized spacial score (nSPS) is 12.2. The summed E-state index contributed by atoms with van der Waals surface area (Å²) in [5, 5.41) is 3.55. The molecule has 17 heavy (non-hydrogen) atoms. The highest BCUT2D eigenvalue weighted by Crippen LogP contribution is 2.26. The molecule has 0 radical (unpaired) electrons. The van der Waals surface area contributed by atoms with E-state index in [9.17, 15) is 4.79 Å². The summed E-state index contributed by atoms with van der Waals surface area (Å²) >= 11 is 11.7. The standard InChI is InChI=1S/C11H14Cl2N2O2/c1-17-5-4-10(15-11(14)16)7-2-3-8(12)9(13)6-7/h2-3,6,10H,4-5H2,1H3,(H3,14,15,16)/t10-/m1/s1. The van der Waals surface area contributed by atoms with Gasteiger partial charge in [-0.3, -0.25) is 0 Å². The van der Waals surface area contributed by atoms with E-state index in [0.717, 1.165) is 5.56 Å². The van der Waals surface area contributed by atoms with Crippen molar-refractivity contribution in [1.29, 1.82) is 0 Å². The van der Waals surface area contributed by atoms with E-state index in [1.807, 2.05) is 0 Å². The van der Waals surface area contributed by atoms with Crippen molar-refractivity contribution in [2.24, 2.45) is 5.73 Å². The Hall–Kier alpha value is -0.970. The highest BCUT2D eigenvalue weighted by atomic mass is 35.5. The summed E-state index contributed by atoms with van der Waals surface area (Å²) in [7, 11) is 1.59. The van der Waals surface area contributed by atoms with Gasteiger partial charge in [-0.05, 0) is 24.1 Å². The van der Waals surface area contributed by atoms with Crippen LogP contribution in [-0.2, 0) is 4.74 Å². The van der Waals surface area contributed by atoms with Gasteiger partial charge in [0, 0.05) is 13.7 Å². The predicted molar refractivity (Wildman–Crippen MR) is 68.4 cm³/mol. The van der Waals surface area contributed by atoms with Crippen LogP contribution < -0.4 is 11.1 Å². The summed E-state index contributed by atoms with van der Waals surface area (Å²) in [4.78, 5) is 10.9. The largest absolute Gasteiger partial charge is 0.385 e. The van der Waals surface area contributed by atoms with Crippen molar-refractivity contribution in [2.75, 3.05) is 13.7 Å². The van der Waals surface area contributed by atoms with Gasteiger partial charge in [-0.1, -0.05) is 29.3 Å². The molecule has 6 heteroatoms. The SMILES string of the molecule is COCC[C@@H](NC(N)=O)c1ccc(Cl)c(Cl)c1. The Balaban J connectivity index is 2.86. The Bertz CT molecular complexity index is 399. The molecular formula is C11H14Cl2N2O2. The second kappa shape index (κ2) is 6.69. The lowest BCUT2D eigenvalue weighted by atomic mass is 10.0. The topological polar surface area (TPSA) is 64.3 Å². The van der Waals surface area contributed by atoms with E-state index in [2.05, 4.69) is 5.32 Å². The molecule has 0 saturated heterocycles. The van der Waals surface area contributed by atoms with Crippen molar-refractivity contribution < 1.29 is 9.53 Å². The molecule has 2 amide bonds. The lowest BCUT2D eigenvalue weighted by Gasteiger charge is -2.18. The Morgan fingerprint density at radius 1 is 1.47 bits per heavy atom. The molecule has 94 valence electrons. The van der Waals surface area contributed by atoms with Crippen LogP contribution in [0.1, 0.15) is 18.0 Å². The maximum Gasteiger partial charge on any atom is 0.312 e. The maximum absolute atomic E-state index is 10.9. The van der Waals surface area contributed by atoms with Gasteiger partial charge in [0.2, 0.25) is 0 Å². The molecule has 0 unspecified atom stereocenters. The van der Waals surface area contributed by atoms with Crippen molar-refractivity contribution in [3.05, 3.63) is 33.8 Å². The van der Waals surface area contributed by atoms with E-state index < -0.39 is 6.03 Å². The van der Waals surface area contributed by atoms with E-state index in [-0.39, 0.29) is 6.04 Å². The molecule has 0 spiro atoms. The molecule has 1 rings (SSSR count). The van der Waals surface area contributed by atoms with Crippen molar-refractivity contribution in [3.63, 3.8) is 0 Å². The minimum Gasteiger partial charge on any atom is -0.385 e. The van der Waals surface area contributed by atoms with E-state index in [1.165, 1.54) is 0 Å². The first-order chi connectivity index (χ1) is 8.04. The zero-order valence-electron chi connectivity index (χ0n) is 9.37. The summed E-state index contributed by atoms with van der Waals surface area (Å²) in [5.41, 5.74) is 5.96. The molecule has 0 aromatic heterocycles. The number of hydrogen-bond acceptors (Lipinski definition) is 2. The monoisotopic (exact) mass is 276 g/mol. The number of methoxy groups -OCH3 is 1. The first-order valence-electron chi connectivity index (χ1n) is 5.04. The average Bonchev–Trinajstić information content (AvgIpc) is 2.27. The number of urea groups is 1. The second-order valence-electron chi connectivity index (χ2n) is 3.52. The van der Waals surface area contributed by atoms with Crippen LogP contribution in [0.5, 0.6) is 0 Å². The minimum absolute atomic E-state index is 0.234. The fraction of sp³-hybridized carbons (Fsp3) is 0.364. The molecule has 0 aliphatic rings. The number of primary amides is 1. The lowest BCUT2D eigenvalue weighted by Crippen LogP contribution is -2.33. The van der Waals surface area contributed by atoms with Crippen LogP contribution >= 0.6 is 23.2 Å². The third-order valence-electron chi connectivity index (χ3n) is 2.27. The molecule has 1 aromatic rings. The quantitative estimate of drug-likeness (QED) is 0.869. The Kier molecular flexibility index (Phi) is 5.55. The summed E-state index contributed by atoms with van der Waals surface area (Å²) in [6.45, 7) is 0.505. The minimum atomic E-state index is -0.586. The van der Waals surface area contributed by atoms with E-state index in [0.29, 0.717) is 23.1 Å². The molecule has 4 nitrogen and oxygen atoms in total. The number of hydrogen-bond donors (Lipinski definition) is 2. The maximum atomic E-state index is 10.9. The van der Waals surface area contributed by atoms with Crippen LogP contribution in [0.2, 0.25) is 10.0 Å². The summed E-state index contributed by atoms with van der Waals surface area (Å²) < 4.78 is 4.98. The fourth-order valence-corrected chi connectivity index (χ4v) is 1.77. The number of ether oxygens (including phenoxy) is 1. The van der Waals surface area contributed by atoms with Crippen molar-refractivity contribution in [1.82, 2.24) is 5.32 Å². The van der Waals surface area contributed by atoms with Crippen LogP contribution in [0.4, 0.5) is 4.79 Å². The molecule has 1 aromatic carbocycles. The molecule has 0 fully saturated rings. The van der Waals surface area contributed by atoms with Gasteiger partial charge < -0.3 is 15.8 Å². The highest BCUT2D eigenvalue weighted by Gasteiger charge is 2.14. The molecule has 3 N–H and O–H groups in total. The molecule has 0 aliphatic carbocycles. The number of nitrogens with two attached hydrogens (primary N) is 1. The van der Waals surface area contributed by atoms with Gasteiger partial charge in [0.05, 0.1) is 16.1 Å². The molecular weight excluding hydrogens is 263 g/mol. The van der Waals surface area contributed by atoms with Crippen LogP contribution in [0, 0.1) is 0 Å². The molecule has 0 heterocycles. The summed E-state index contributed by atoms with van der Waals surface area (Å²) in [6.07, 6.45) is 0.609. The van der Waals surface area contributed by atoms with E-state index in [1.54, 1.807) is 25.3 Å². The molecule has 0 bridgehead atoms. The average molecular weight is 277 g/mol. The predicted octanol–water partition coefficient (Wildman–Crippen LogP) is 2.74. The Morgan fingerprint density at radius 3 is 2.71 bits per heavy atom. The summed E-state index contributed by atoms with van der Waals surface area (Å²) in [6, 6.07) is 4.37. The van der Waals surface area contributed by atoms with Crippen LogP contribution in [0.15, 0.2) is 18.2 Å². The van der Waals surface area contributed by atoms with Gasteiger partial charge in [0.25, 0.3) is 0 Å². The van der Waals surface area contributed by atoms with Gasteiger partial charge in [-0.2, -0.15) is 0 Å². The Labute approximate surface area is 110 Å². The number of benzene rings is 1. The number of carbonyl (C=O) groups excluding carboxylic acids is 1. The third-order valence-corrected chi connectivity index (χ3v) is 3.01. The van der Waals surface area contributed by atoms with Crippen LogP contribution in [-0.4, -0.2) is 19.7 Å². The zero-order chi connectivity index (χ0) is 12.8. The molecule has 0 saturated carbocycles. The number of halogens is 2. The van der Waals surface area contributed by atoms with Crippen LogP contribution in [0.25, 0.3) is 0 Å². The first-order valence-corrected chi connectivity index (χ1v) is 5.80. The lowest BCUT2D eigenvalue weighted by molar-refractivity contribution is 0.182. The molecule has 0 aliphatic heterocycles. The van der Waals surface area contributed by atoms with Gasteiger partial charge >= 0.3 is 6.03 Å². The van der Waals surface area contributed by atoms with Gasteiger partial charge in [-0.25, -0.2) is 4.79 Å². The van der Waals surface area contributed by atoms with Crippen molar-refractivity contribution in [3.8, 4) is 0 Å². The number of amides is 2. The number of nitrogens with one attached hydrogen (secondary N) is 1. The fourth-order valence-electron chi connectivity index (χ4n) is 1.46. The van der Waals surface area contributed by atoms with Gasteiger partial charge in [0.1, 0.15) is 0 Å². The first kappa shape index (κ1) is 14.1. The summed E-state index contributed by atoms with van der Waals surface area (Å²) in [5.74, 6) is 0. The number of rotatable bonds is 5. The van der Waals surface area contributed by atoms with Gasteiger partial charge in [0.15, 0.2) is 0 Å². The van der Waals surface area contributed by atoms with Crippen molar-refractivity contribution in [2.45, 2.75) is 12.5 Å². The van der Waals surface area contributed by atoms with Crippen molar-refractivity contribution >= 4 is 29.2 Å². The van der Waals surface area contributed by atoms with E-state index >= 15 is 0 Å². The van der Waals surface area contributed by atoms with E-state index in [4.69, 9.17) is 33.7 Å². The van der Waals surface area contributed by atoms with Gasteiger partial charge in [-0.15, -0.1) is 0 Å². The third kappa shape index (κ3) is 4.42. The zero-order valence-corrected chi connectivity index (χ0v) is 10.9. The smallest absolute Gasteiger partial charge is 0.312 e. The Morgan fingerprint density at radius 2 is 2.18 bits per heavy atom. The molecule has 1 atom stereocenters. The second-order valence-corrected chi connectivity index (χ2v) is 4.33.